The summed E-state index contributed by atoms with van der Waals surface area (Å²) in [6, 6.07) is -0.315. The summed E-state index contributed by atoms with van der Waals surface area (Å²) < 4.78 is 15.0. The van der Waals surface area contributed by atoms with Crippen LogP contribution < -0.4 is 0 Å². The van der Waals surface area contributed by atoms with Gasteiger partial charge in [-0.15, -0.1) is 0 Å². The first kappa shape index (κ1) is 10.2. The molecule has 0 spiro atoms. The second-order valence-electron chi connectivity index (χ2n) is 3.76. The van der Waals surface area contributed by atoms with Crippen molar-refractivity contribution in [3.05, 3.63) is 12.2 Å². The molecule has 0 radical (unpaired) electrons. The Bertz CT molecular complexity index is 304. The highest BCUT2D eigenvalue weighted by Crippen LogP contribution is 2.27. The normalized spacial score (nSPS) is 31.5. The molecule has 0 amide bonds. The van der Waals surface area contributed by atoms with E-state index in [9.17, 15) is 9.59 Å². The largest absolute Gasteiger partial charge is 0.632 e. The molecule has 5 nitrogen and oxygen atoms in total. The SMILES string of the molecule is C=C1CC(=O)OB(C2O[C@H]2C)OC(=O)C1. The van der Waals surface area contributed by atoms with Gasteiger partial charge in [0.15, 0.2) is 0 Å². The Morgan fingerprint density at radius 1 is 1.27 bits per heavy atom. The summed E-state index contributed by atoms with van der Waals surface area (Å²) in [5.74, 6) is -0.861. The monoisotopic (exact) mass is 210 g/mol. The van der Waals surface area contributed by atoms with E-state index in [0.717, 1.165) is 0 Å². The van der Waals surface area contributed by atoms with Crippen LogP contribution in [0.4, 0.5) is 0 Å². The van der Waals surface area contributed by atoms with Crippen LogP contribution in [0.5, 0.6) is 0 Å². The Balaban J connectivity index is 2.03. The van der Waals surface area contributed by atoms with Crippen LogP contribution in [0.15, 0.2) is 12.2 Å². The van der Waals surface area contributed by atoms with Crippen molar-refractivity contribution < 1.29 is 23.6 Å². The lowest BCUT2D eigenvalue weighted by atomic mass is 9.81. The van der Waals surface area contributed by atoms with Crippen LogP contribution in [-0.4, -0.2) is 31.2 Å². The fourth-order valence-corrected chi connectivity index (χ4v) is 1.46. The molecule has 2 saturated heterocycles. The molecule has 6 heteroatoms. The summed E-state index contributed by atoms with van der Waals surface area (Å²) in [4.78, 5) is 22.5. The van der Waals surface area contributed by atoms with Gasteiger partial charge in [-0.25, -0.2) is 0 Å². The molecule has 2 aliphatic rings. The van der Waals surface area contributed by atoms with Crippen molar-refractivity contribution in [2.75, 3.05) is 0 Å². The molecule has 2 fully saturated rings. The van der Waals surface area contributed by atoms with Crippen LogP contribution in [0.1, 0.15) is 19.8 Å². The molecule has 80 valence electrons. The smallest absolute Gasteiger partial charge is 0.497 e. The summed E-state index contributed by atoms with van der Waals surface area (Å²) in [5, 5.41) is 0. The van der Waals surface area contributed by atoms with Gasteiger partial charge in [0.2, 0.25) is 0 Å². The molecule has 2 rings (SSSR count). The average Bonchev–Trinajstić information content (AvgIpc) is 2.78. The fraction of sp³-hybridized carbons (Fsp3) is 0.556. The first-order valence-electron chi connectivity index (χ1n) is 4.77. The van der Waals surface area contributed by atoms with Crippen LogP contribution in [-0.2, 0) is 23.6 Å². The first-order valence-corrected chi connectivity index (χ1v) is 4.77. The molecule has 0 aromatic carbocycles. The van der Waals surface area contributed by atoms with Gasteiger partial charge < -0.3 is 14.0 Å². The van der Waals surface area contributed by atoms with E-state index in [1.807, 2.05) is 6.92 Å². The van der Waals surface area contributed by atoms with Crippen molar-refractivity contribution in [1.82, 2.24) is 0 Å². The second kappa shape index (κ2) is 3.69. The predicted molar refractivity (Wildman–Crippen MR) is 50.6 cm³/mol. The van der Waals surface area contributed by atoms with Crippen molar-refractivity contribution in [3.63, 3.8) is 0 Å². The highest BCUT2D eigenvalue weighted by Gasteiger charge is 2.53. The highest BCUT2D eigenvalue weighted by molar-refractivity contribution is 6.51. The van der Waals surface area contributed by atoms with Gasteiger partial charge in [0, 0.05) is 0 Å². The van der Waals surface area contributed by atoms with Crippen molar-refractivity contribution in [2.24, 2.45) is 0 Å². The third-order valence-electron chi connectivity index (χ3n) is 2.31. The zero-order valence-electron chi connectivity index (χ0n) is 8.39. The number of hydrogen-bond acceptors (Lipinski definition) is 5. The molecular formula is C9H11BO5. The molecule has 2 heterocycles. The van der Waals surface area contributed by atoms with Gasteiger partial charge in [0.1, 0.15) is 6.00 Å². The Kier molecular flexibility index (Phi) is 2.52. The maximum Gasteiger partial charge on any atom is 0.632 e. The lowest BCUT2D eigenvalue weighted by Gasteiger charge is -2.16. The Morgan fingerprint density at radius 3 is 2.13 bits per heavy atom. The second-order valence-corrected chi connectivity index (χ2v) is 3.76. The van der Waals surface area contributed by atoms with Crippen LogP contribution >= 0.6 is 0 Å². The summed E-state index contributed by atoms with van der Waals surface area (Å²) in [7, 11) is -0.895. The third kappa shape index (κ3) is 2.39. The van der Waals surface area contributed by atoms with E-state index < -0.39 is 19.1 Å². The fourth-order valence-electron chi connectivity index (χ4n) is 1.46. The summed E-state index contributed by atoms with van der Waals surface area (Å²) in [5.41, 5.74) is 0.508. The van der Waals surface area contributed by atoms with Crippen molar-refractivity contribution in [1.29, 1.82) is 0 Å². The van der Waals surface area contributed by atoms with E-state index in [1.54, 1.807) is 0 Å². The Labute approximate surface area is 87.5 Å². The zero-order chi connectivity index (χ0) is 11.0. The van der Waals surface area contributed by atoms with Gasteiger partial charge in [0.25, 0.3) is 11.9 Å². The van der Waals surface area contributed by atoms with Crippen LogP contribution in [0, 0.1) is 0 Å². The Hall–Kier alpha value is -1.30. The van der Waals surface area contributed by atoms with E-state index in [1.165, 1.54) is 0 Å². The minimum absolute atomic E-state index is 0.0294. The van der Waals surface area contributed by atoms with Crippen LogP contribution in [0.3, 0.4) is 0 Å². The highest BCUT2D eigenvalue weighted by atomic mass is 16.7. The van der Waals surface area contributed by atoms with E-state index >= 15 is 0 Å². The van der Waals surface area contributed by atoms with Crippen molar-refractivity contribution in [3.8, 4) is 0 Å². The Morgan fingerprint density at radius 2 is 1.73 bits per heavy atom. The minimum atomic E-state index is -0.895. The lowest BCUT2D eigenvalue weighted by molar-refractivity contribution is -0.141. The first-order chi connectivity index (χ1) is 7.06. The number of carbonyl (C=O) groups excluding carboxylic acids is 2. The van der Waals surface area contributed by atoms with Crippen LogP contribution in [0.2, 0.25) is 0 Å². The molecule has 0 N–H and O–H groups in total. The standard InChI is InChI=1S/C9H11BO5/c1-5-3-7(11)14-10(9-6(2)13-9)15-8(12)4-5/h6,9H,1,3-4H2,2H3/t6-,9?/m0/s1. The average molecular weight is 210 g/mol. The molecule has 2 atom stereocenters. The molecule has 0 saturated carbocycles. The van der Waals surface area contributed by atoms with Gasteiger partial charge in [-0.3, -0.25) is 9.59 Å². The molecule has 0 aliphatic carbocycles. The van der Waals surface area contributed by atoms with E-state index in [2.05, 4.69) is 6.58 Å². The zero-order valence-corrected chi connectivity index (χ0v) is 8.39. The van der Waals surface area contributed by atoms with Gasteiger partial charge in [-0.2, -0.15) is 0 Å². The summed E-state index contributed by atoms with van der Waals surface area (Å²) >= 11 is 0. The quantitative estimate of drug-likeness (QED) is 0.352. The topological polar surface area (TPSA) is 65.1 Å². The van der Waals surface area contributed by atoms with E-state index in [-0.39, 0.29) is 24.9 Å². The number of epoxide rings is 1. The van der Waals surface area contributed by atoms with Gasteiger partial charge in [0.05, 0.1) is 18.9 Å². The molecule has 1 unspecified atom stereocenters. The maximum absolute atomic E-state index is 11.3. The maximum atomic E-state index is 11.3. The third-order valence-corrected chi connectivity index (χ3v) is 2.31. The number of ether oxygens (including phenoxy) is 1. The molecule has 0 aromatic rings. The molecule has 15 heavy (non-hydrogen) atoms. The van der Waals surface area contributed by atoms with Gasteiger partial charge in [-0.1, -0.05) is 12.2 Å². The van der Waals surface area contributed by atoms with E-state index in [4.69, 9.17) is 14.0 Å². The molecule has 2 aliphatic heterocycles. The molecule has 0 bridgehead atoms. The number of hydrogen-bond donors (Lipinski definition) is 0. The lowest BCUT2D eigenvalue weighted by Crippen LogP contribution is -2.37. The molecule has 0 aromatic heterocycles. The predicted octanol–water partition coefficient (Wildman–Crippen LogP) is 0.237. The summed E-state index contributed by atoms with van der Waals surface area (Å²) in [6.07, 6.45) is 0.0950. The van der Waals surface area contributed by atoms with Gasteiger partial charge in [-0.05, 0) is 6.92 Å². The minimum Gasteiger partial charge on any atom is -0.497 e. The van der Waals surface area contributed by atoms with E-state index in [0.29, 0.717) is 5.57 Å². The number of carbonyl (C=O) groups is 2. The summed E-state index contributed by atoms with van der Waals surface area (Å²) in [6.45, 7) is 5.41. The molecular weight excluding hydrogens is 199 g/mol. The van der Waals surface area contributed by atoms with Gasteiger partial charge >= 0.3 is 7.12 Å². The van der Waals surface area contributed by atoms with Crippen LogP contribution in [0.25, 0.3) is 0 Å². The number of rotatable bonds is 1. The van der Waals surface area contributed by atoms with Crippen molar-refractivity contribution in [2.45, 2.75) is 31.9 Å². The van der Waals surface area contributed by atoms with Crippen molar-refractivity contribution >= 4 is 19.1 Å².